The lowest BCUT2D eigenvalue weighted by molar-refractivity contribution is 0.579. The second-order valence-electron chi connectivity index (χ2n) is 7.45. The molecular weight excluding hydrogens is 364 g/mol. The van der Waals surface area contributed by atoms with Crippen LogP contribution in [0.1, 0.15) is 37.4 Å². The van der Waals surface area contributed by atoms with Crippen LogP contribution in [-0.2, 0) is 13.5 Å². The fourth-order valence-corrected chi connectivity index (χ4v) is 4.14. The highest BCUT2D eigenvalue weighted by Gasteiger charge is 2.20. The molecule has 1 unspecified atom stereocenters. The van der Waals surface area contributed by atoms with Gasteiger partial charge in [-0.2, -0.15) is 10.2 Å². The zero-order chi connectivity index (χ0) is 20.1. The second-order valence-corrected chi connectivity index (χ2v) is 7.45. The van der Waals surface area contributed by atoms with Crippen molar-refractivity contribution in [1.82, 2.24) is 28.9 Å². The standard InChI is InChI=1S/C22H22N6O/c1-4-8-16-11-24-28-19-17-13-25-27(14(2)15-9-6-5-7-10-15)20(17)23-12-18(19)22(29)26(3)21(16)28/h5-7,9-14H,4,8H2,1-3H3. The molecule has 1 atom stereocenters. The summed E-state index contributed by atoms with van der Waals surface area (Å²) in [5.74, 6) is 0. The van der Waals surface area contributed by atoms with Crippen molar-refractivity contribution in [2.24, 2.45) is 7.05 Å². The summed E-state index contributed by atoms with van der Waals surface area (Å²) in [5.41, 5.74) is 4.50. The average Bonchev–Trinajstić information content (AvgIpc) is 3.36. The van der Waals surface area contributed by atoms with Gasteiger partial charge in [0.2, 0.25) is 0 Å². The van der Waals surface area contributed by atoms with E-state index in [2.05, 4.69) is 41.2 Å². The maximum absolute atomic E-state index is 13.1. The van der Waals surface area contributed by atoms with E-state index in [4.69, 9.17) is 0 Å². The molecule has 0 N–H and O–H groups in total. The molecule has 4 aromatic heterocycles. The number of nitrogens with zero attached hydrogens (tertiary/aromatic N) is 6. The lowest BCUT2D eigenvalue weighted by Gasteiger charge is -2.14. The van der Waals surface area contributed by atoms with Gasteiger partial charge in [-0.15, -0.1) is 0 Å². The Balaban J connectivity index is 1.84. The fourth-order valence-electron chi connectivity index (χ4n) is 4.14. The number of hydrogen-bond acceptors (Lipinski definition) is 4. The molecule has 5 aromatic rings. The lowest BCUT2D eigenvalue weighted by atomic mass is 10.1. The Morgan fingerprint density at radius 3 is 2.59 bits per heavy atom. The Morgan fingerprint density at radius 2 is 1.83 bits per heavy atom. The van der Waals surface area contributed by atoms with Gasteiger partial charge in [0.15, 0.2) is 5.65 Å². The van der Waals surface area contributed by atoms with Crippen molar-refractivity contribution in [3.63, 3.8) is 0 Å². The predicted molar refractivity (Wildman–Crippen MR) is 113 cm³/mol. The number of hydrogen-bond donors (Lipinski definition) is 0. The van der Waals surface area contributed by atoms with Gasteiger partial charge < -0.3 is 0 Å². The molecule has 0 saturated heterocycles. The zero-order valence-corrected chi connectivity index (χ0v) is 16.7. The van der Waals surface area contributed by atoms with E-state index in [1.54, 1.807) is 24.0 Å². The number of fused-ring (bicyclic) bond motifs is 5. The summed E-state index contributed by atoms with van der Waals surface area (Å²) in [5, 5.41) is 10.6. The maximum atomic E-state index is 13.1. The van der Waals surface area contributed by atoms with Crippen molar-refractivity contribution in [1.29, 1.82) is 0 Å². The Labute approximate surface area is 167 Å². The molecule has 29 heavy (non-hydrogen) atoms. The molecule has 0 aliphatic rings. The number of pyridine rings is 1. The van der Waals surface area contributed by atoms with Crippen LogP contribution in [0.25, 0.3) is 27.6 Å². The van der Waals surface area contributed by atoms with E-state index in [-0.39, 0.29) is 11.6 Å². The molecular formula is C22H22N6O. The van der Waals surface area contributed by atoms with Crippen LogP contribution < -0.4 is 5.56 Å². The van der Waals surface area contributed by atoms with Crippen LogP contribution >= 0.6 is 0 Å². The van der Waals surface area contributed by atoms with Gasteiger partial charge in [0.25, 0.3) is 5.56 Å². The van der Waals surface area contributed by atoms with Gasteiger partial charge in [-0.25, -0.2) is 14.2 Å². The van der Waals surface area contributed by atoms with E-state index in [9.17, 15) is 4.79 Å². The van der Waals surface area contributed by atoms with E-state index in [0.29, 0.717) is 5.39 Å². The minimum absolute atomic E-state index is 0.0222. The van der Waals surface area contributed by atoms with Crippen LogP contribution in [0.4, 0.5) is 0 Å². The Morgan fingerprint density at radius 1 is 1.03 bits per heavy atom. The topological polar surface area (TPSA) is 70.0 Å². The Kier molecular flexibility index (Phi) is 3.97. The first kappa shape index (κ1) is 17.6. The average molecular weight is 386 g/mol. The molecule has 0 fully saturated rings. The van der Waals surface area contributed by atoms with E-state index in [0.717, 1.165) is 46.2 Å². The second kappa shape index (κ2) is 6.55. The first-order valence-electron chi connectivity index (χ1n) is 9.88. The third-order valence-corrected chi connectivity index (χ3v) is 5.64. The summed E-state index contributed by atoms with van der Waals surface area (Å²) in [4.78, 5) is 17.7. The maximum Gasteiger partial charge on any atom is 0.262 e. The third-order valence-electron chi connectivity index (χ3n) is 5.64. The van der Waals surface area contributed by atoms with Gasteiger partial charge in [0, 0.05) is 18.8 Å². The molecule has 7 nitrogen and oxygen atoms in total. The highest BCUT2D eigenvalue weighted by molar-refractivity contribution is 6.02. The van der Waals surface area contributed by atoms with Crippen molar-refractivity contribution >= 4 is 27.6 Å². The summed E-state index contributed by atoms with van der Waals surface area (Å²) < 4.78 is 5.44. The minimum Gasteiger partial charge on any atom is -0.295 e. The van der Waals surface area contributed by atoms with Crippen LogP contribution in [0.3, 0.4) is 0 Å². The minimum atomic E-state index is -0.0661. The van der Waals surface area contributed by atoms with Gasteiger partial charge in [-0.1, -0.05) is 43.7 Å². The van der Waals surface area contributed by atoms with Crippen molar-refractivity contribution < 1.29 is 0 Å². The molecule has 146 valence electrons. The third kappa shape index (κ3) is 2.50. The Hall–Kier alpha value is -3.48. The molecule has 0 bridgehead atoms. The fraction of sp³-hybridized carbons (Fsp3) is 0.273. The Bertz CT molecular complexity index is 1410. The SMILES string of the molecule is CCCc1cnn2c3c(cnc4c3cnn4C(C)c3ccccc3)c(=O)n(C)c12. The zero-order valence-electron chi connectivity index (χ0n) is 16.7. The number of aryl methyl sites for hydroxylation is 2. The van der Waals surface area contributed by atoms with E-state index in [1.807, 2.05) is 33.6 Å². The highest BCUT2D eigenvalue weighted by atomic mass is 16.1. The lowest BCUT2D eigenvalue weighted by Crippen LogP contribution is -2.21. The number of benzene rings is 1. The van der Waals surface area contributed by atoms with Crippen LogP contribution in [-0.4, -0.2) is 28.9 Å². The molecule has 7 heteroatoms. The first-order chi connectivity index (χ1) is 14.1. The molecule has 4 heterocycles. The van der Waals surface area contributed by atoms with Crippen molar-refractivity contribution in [3.8, 4) is 0 Å². The number of rotatable bonds is 4. The van der Waals surface area contributed by atoms with Crippen molar-refractivity contribution in [2.75, 3.05) is 0 Å². The largest absolute Gasteiger partial charge is 0.295 e. The van der Waals surface area contributed by atoms with Gasteiger partial charge in [0.05, 0.1) is 34.7 Å². The number of aromatic nitrogens is 6. The normalized spacial score (nSPS) is 12.9. The molecule has 0 saturated carbocycles. The molecule has 0 spiro atoms. The summed E-state index contributed by atoms with van der Waals surface area (Å²) in [6.07, 6.45) is 7.17. The van der Waals surface area contributed by atoms with E-state index in [1.165, 1.54) is 0 Å². The summed E-state index contributed by atoms with van der Waals surface area (Å²) in [6, 6.07) is 10.2. The van der Waals surface area contributed by atoms with Gasteiger partial charge in [0.1, 0.15) is 5.65 Å². The summed E-state index contributed by atoms with van der Waals surface area (Å²) >= 11 is 0. The highest BCUT2D eigenvalue weighted by Crippen LogP contribution is 2.27. The molecule has 5 rings (SSSR count). The van der Waals surface area contributed by atoms with Crippen LogP contribution in [0.5, 0.6) is 0 Å². The quantitative estimate of drug-likeness (QED) is 0.474. The van der Waals surface area contributed by atoms with Crippen molar-refractivity contribution in [2.45, 2.75) is 32.7 Å². The molecule has 1 aromatic carbocycles. The smallest absolute Gasteiger partial charge is 0.262 e. The van der Waals surface area contributed by atoms with Gasteiger partial charge in [-0.3, -0.25) is 9.36 Å². The first-order valence-corrected chi connectivity index (χ1v) is 9.88. The van der Waals surface area contributed by atoms with E-state index >= 15 is 0 Å². The summed E-state index contributed by atoms with van der Waals surface area (Å²) in [7, 11) is 1.79. The monoisotopic (exact) mass is 386 g/mol. The van der Waals surface area contributed by atoms with Crippen LogP contribution in [0.2, 0.25) is 0 Å². The molecule has 0 amide bonds. The van der Waals surface area contributed by atoms with Crippen molar-refractivity contribution in [3.05, 3.63) is 70.4 Å². The van der Waals surface area contributed by atoms with Gasteiger partial charge >= 0.3 is 0 Å². The molecule has 0 aliphatic heterocycles. The van der Waals surface area contributed by atoms with Crippen LogP contribution in [0, 0.1) is 0 Å². The molecule has 0 aliphatic carbocycles. The van der Waals surface area contributed by atoms with Crippen LogP contribution in [0.15, 0.2) is 53.7 Å². The van der Waals surface area contributed by atoms with E-state index < -0.39 is 0 Å². The van der Waals surface area contributed by atoms with Gasteiger partial charge in [-0.05, 0) is 18.9 Å². The summed E-state index contributed by atoms with van der Waals surface area (Å²) in [6.45, 7) is 4.22. The molecule has 0 radical (unpaired) electrons. The predicted octanol–water partition coefficient (Wildman–Crippen LogP) is 3.49.